The minimum atomic E-state index is 0.162. The number of fused-ring (bicyclic) bond motifs is 1. The first kappa shape index (κ1) is 15.3. The Morgan fingerprint density at radius 3 is 2.92 bits per heavy atom. The van der Waals surface area contributed by atoms with E-state index in [1.165, 1.54) is 17.5 Å². The summed E-state index contributed by atoms with van der Waals surface area (Å²) in [6, 6.07) is 6.26. The van der Waals surface area contributed by atoms with E-state index < -0.39 is 0 Å². The van der Waals surface area contributed by atoms with Crippen LogP contribution in [-0.2, 0) is 12.8 Å². The number of hydrogen-bond donors (Lipinski definition) is 0. The van der Waals surface area contributed by atoms with Crippen molar-refractivity contribution in [3.05, 3.63) is 58.7 Å². The van der Waals surface area contributed by atoms with Gasteiger partial charge in [-0.15, -0.1) is 0 Å². The highest BCUT2D eigenvalue weighted by Crippen LogP contribution is 2.28. The first-order valence-electron chi connectivity index (χ1n) is 8.90. The first-order valence-corrected chi connectivity index (χ1v) is 8.90. The summed E-state index contributed by atoms with van der Waals surface area (Å²) in [6.07, 6.45) is 9.20. The maximum Gasteiger partial charge on any atom is 0.253 e. The molecule has 0 saturated carbocycles. The molecule has 1 atom stereocenters. The van der Waals surface area contributed by atoms with E-state index in [-0.39, 0.29) is 5.91 Å². The standard InChI is InChI=1S/C20H23N3O/c1-14-11-21-12-19(22-14)18-6-3-9-23(13-18)20(24)17-8-7-15-4-2-5-16(15)10-17/h7-8,10-12,18H,2-6,9,13H2,1H3/t18-/m1/s1. The lowest BCUT2D eigenvalue weighted by Gasteiger charge is -2.32. The maximum atomic E-state index is 12.9. The van der Waals surface area contributed by atoms with E-state index in [1.54, 1.807) is 6.20 Å². The van der Waals surface area contributed by atoms with Gasteiger partial charge in [0.25, 0.3) is 5.91 Å². The number of amides is 1. The van der Waals surface area contributed by atoms with Crippen LogP contribution in [0.3, 0.4) is 0 Å². The molecule has 0 unspecified atom stereocenters. The van der Waals surface area contributed by atoms with Crippen molar-refractivity contribution in [3.8, 4) is 0 Å². The van der Waals surface area contributed by atoms with Gasteiger partial charge in [0.05, 0.1) is 11.4 Å². The van der Waals surface area contributed by atoms with Crippen LogP contribution in [0.5, 0.6) is 0 Å². The molecular weight excluding hydrogens is 298 g/mol. The van der Waals surface area contributed by atoms with Crippen molar-refractivity contribution in [2.75, 3.05) is 13.1 Å². The Balaban J connectivity index is 1.52. The molecular formula is C20H23N3O. The molecule has 2 aliphatic rings. The van der Waals surface area contributed by atoms with Crippen LogP contribution in [0.15, 0.2) is 30.6 Å². The van der Waals surface area contributed by atoms with Crippen molar-refractivity contribution in [2.45, 2.75) is 44.9 Å². The Morgan fingerprint density at radius 1 is 1.17 bits per heavy atom. The number of aryl methyl sites for hydroxylation is 3. The van der Waals surface area contributed by atoms with Crippen molar-refractivity contribution in [1.29, 1.82) is 0 Å². The van der Waals surface area contributed by atoms with E-state index in [2.05, 4.69) is 22.1 Å². The van der Waals surface area contributed by atoms with Crippen molar-refractivity contribution < 1.29 is 4.79 Å². The fourth-order valence-electron chi connectivity index (χ4n) is 3.97. The number of nitrogens with zero attached hydrogens (tertiary/aromatic N) is 3. The molecule has 2 heterocycles. The Bertz CT molecular complexity index is 771. The van der Waals surface area contributed by atoms with Crippen LogP contribution >= 0.6 is 0 Å². The number of piperidine rings is 1. The Morgan fingerprint density at radius 2 is 2.04 bits per heavy atom. The number of hydrogen-bond acceptors (Lipinski definition) is 3. The van der Waals surface area contributed by atoms with Crippen LogP contribution in [0.2, 0.25) is 0 Å². The normalized spacial score (nSPS) is 20.0. The number of benzene rings is 1. The molecule has 0 radical (unpaired) electrons. The molecule has 1 amide bonds. The predicted octanol–water partition coefficient (Wildman–Crippen LogP) is 3.29. The van der Waals surface area contributed by atoms with Crippen molar-refractivity contribution in [2.24, 2.45) is 0 Å². The Hall–Kier alpha value is -2.23. The number of rotatable bonds is 2. The van der Waals surface area contributed by atoms with E-state index in [0.29, 0.717) is 5.92 Å². The van der Waals surface area contributed by atoms with Gasteiger partial charge < -0.3 is 4.90 Å². The average Bonchev–Trinajstić information content (AvgIpc) is 3.09. The lowest BCUT2D eigenvalue weighted by Crippen LogP contribution is -2.39. The molecule has 0 N–H and O–H groups in total. The molecule has 4 nitrogen and oxygen atoms in total. The van der Waals surface area contributed by atoms with Crippen LogP contribution in [0.25, 0.3) is 0 Å². The zero-order valence-corrected chi connectivity index (χ0v) is 14.2. The predicted molar refractivity (Wildman–Crippen MR) is 93.1 cm³/mol. The molecule has 1 fully saturated rings. The van der Waals surface area contributed by atoms with Gasteiger partial charge in [0.2, 0.25) is 0 Å². The molecule has 0 spiro atoms. The molecule has 0 bridgehead atoms. The van der Waals surface area contributed by atoms with E-state index in [0.717, 1.165) is 55.7 Å². The second-order valence-corrected chi connectivity index (χ2v) is 7.01. The lowest BCUT2D eigenvalue weighted by molar-refractivity contribution is 0.0705. The fraction of sp³-hybridized carbons (Fsp3) is 0.450. The zero-order valence-electron chi connectivity index (χ0n) is 14.2. The van der Waals surface area contributed by atoms with Gasteiger partial charge in [-0.25, -0.2) is 0 Å². The molecule has 1 aromatic heterocycles. The molecule has 1 aliphatic carbocycles. The van der Waals surface area contributed by atoms with Gasteiger partial charge >= 0.3 is 0 Å². The summed E-state index contributed by atoms with van der Waals surface area (Å²) < 4.78 is 0. The highest BCUT2D eigenvalue weighted by atomic mass is 16.2. The Labute approximate surface area is 142 Å². The molecule has 1 aromatic carbocycles. The van der Waals surface area contributed by atoms with Gasteiger partial charge in [-0.1, -0.05) is 6.07 Å². The minimum absolute atomic E-state index is 0.162. The van der Waals surface area contributed by atoms with Crippen molar-refractivity contribution in [3.63, 3.8) is 0 Å². The van der Waals surface area contributed by atoms with Gasteiger partial charge in [-0.2, -0.15) is 0 Å². The molecule has 2 aromatic rings. The van der Waals surface area contributed by atoms with Gasteiger partial charge in [0.1, 0.15) is 0 Å². The summed E-state index contributed by atoms with van der Waals surface area (Å²) >= 11 is 0. The SMILES string of the molecule is Cc1cncc([C@@H]2CCCN(C(=O)c3ccc4c(c3)CCC4)C2)n1. The topological polar surface area (TPSA) is 46.1 Å². The number of carbonyl (C=O) groups excluding carboxylic acids is 1. The first-order chi connectivity index (χ1) is 11.7. The molecule has 1 saturated heterocycles. The average molecular weight is 321 g/mol. The summed E-state index contributed by atoms with van der Waals surface area (Å²) in [5, 5.41) is 0. The summed E-state index contributed by atoms with van der Waals surface area (Å²) in [5.41, 5.74) is 5.57. The van der Waals surface area contributed by atoms with Gasteiger partial charge in [-0.3, -0.25) is 14.8 Å². The number of carbonyl (C=O) groups is 1. The lowest BCUT2D eigenvalue weighted by atomic mass is 9.94. The second kappa shape index (κ2) is 6.34. The third-order valence-corrected chi connectivity index (χ3v) is 5.25. The number of aromatic nitrogens is 2. The van der Waals surface area contributed by atoms with Crippen LogP contribution < -0.4 is 0 Å². The quantitative estimate of drug-likeness (QED) is 0.852. The van der Waals surface area contributed by atoms with Gasteiger partial charge in [0, 0.05) is 37.0 Å². The monoisotopic (exact) mass is 321 g/mol. The molecule has 4 heteroatoms. The molecule has 124 valence electrons. The van der Waals surface area contributed by atoms with Crippen LogP contribution in [0.1, 0.15) is 58.1 Å². The van der Waals surface area contributed by atoms with E-state index in [1.807, 2.05) is 24.1 Å². The third kappa shape index (κ3) is 2.93. The van der Waals surface area contributed by atoms with Crippen LogP contribution in [0.4, 0.5) is 0 Å². The highest BCUT2D eigenvalue weighted by molar-refractivity contribution is 5.94. The third-order valence-electron chi connectivity index (χ3n) is 5.25. The Kier molecular flexibility index (Phi) is 4.05. The highest BCUT2D eigenvalue weighted by Gasteiger charge is 2.27. The summed E-state index contributed by atoms with van der Waals surface area (Å²) in [7, 11) is 0. The second-order valence-electron chi connectivity index (χ2n) is 7.01. The zero-order chi connectivity index (χ0) is 16.5. The van der Waals surface area contributed by atoms with Crippen molar-refractivity contribution >= 4 is 5.91 Å². The van der Waals surface area contributed by atoms with Crippen LogP contribution in [0, 0.1) is 6.92 Å². The van der Waals surface area contributed by atoms with E-state index in [9.17, 15) is 4.79 Å². The number of likely N-dealkylation sites (tertiary alicyclic amines) is 1. The molecule has 4 rings (SSSR count). The summed E-state index contributed by atoms with van der Waals surface area (Å²) in [5.74, 6) is 0.458. The minimum Gasteiger partial charge on any atom is -0.338 e. The maximum absolute atomic E-state index is 12.9. The molecule has 1 aliphatic heterocycles. The smallest absolute Gasteiger partial charge is 0.253 e. The van der Waals surface area contributed by atoms with Gasteiger partial charge in [0.15, 0.2) is 0 Å². The summed E-state index contributed by atoms with van der Waals surface area (Å²) in [4.78, 5) is 23.8. The summed E-state index contributed by atoms with van der Waals surface area (Å²) in [6.45, 7) is 3.55. The van der Waals surface area contributed by atoms with E-state index >= 15 is 0 Å². The van der Waals surface area contributed by atoms with Gasteiger partial charge in [-0.05, 0) is 62.3 Å². The van der Waals surface area contributed by atoms with Crippen molar-refractivity contribution in [1.82, 2.24) is 14.9 Å². The molecule has 24 heavy (non-hydrogen) atoms. The van der Waals surface area contributed by atoms with Crippen LogP contribution in [-0.4, -0.2) is 33.9 Å². The van der Waals surface area contributed by atoms with E-state index in [4.69, 9.17) is 0 Å². The largest absolute Gasteiger partial charge is 0.338 e. The fourth-order valence-corrected chi connectivity index (χ4v) is 3.97.